The van der Waals surface area contributed by atoms with Crippen molar-refractivity contribution in [1.82, 2.24) is 24.6 Å². The molecule has 0 amide bonds. The van der Waals surface area contributed by atoms with E-state index in [1.54, 1.807) is 0 Å². The number of hydrogen-bond acceptors (Lipinski definition) is 6. The maximum atomic E-state index is 10.2. The van der Waals surface area contributed by atoms with Crippen molar-refractivity contribution in [3.8, 4) is 0 Å². The Bertz CT molecular complexity index is 696. The van der Waals surface area contributed by atoms with Crippen LogP contribution in [0, 0.1) is 6.92 Å². The van der Waals surface area contributed by atoms with Crippen molar-refractivity contribution in [3.05, 3.63) is 33.5 Å². The van der Waals surface area contributed by atoms with Gasteiger partial charge in [0.15, 0.2) is 5.82 Å². The lowest BCUT2D eigenvalue weighted by Gasteiger charge is -2.27. The van der Waals surface area contributed by atoms with Gasteiger partial charge in [-0.05, 0) is 32.5 Å². The number of likely N-dealkylation sites (N-methyl/N-ethyl adjacent to an activating group) is 1. The molecule has 0 radical (unpaired) electrons. The molecule has 2 aliphatic rings. The number of nitrogens with zero attached hydrogens (tertiary/aromatic N) is 5. The molecular weight excluding hydrogens is 310 g/mol. The molecule has 7 heteroatoms. The van der Waals surface area contributed by atoms with E-state index in [4.69, 9.17) is 0 Å². The van der Waals surface area contributed by atoms with Gasteiger partial charge in [0.1, 0.15) is 5.82 Å². The number of thiophene rings is 1. The van der Waals surface area contributed by atoms with Crippen LogP contribution in [0.5, 0.6) is 0 Å². The first-order valence-electron chi connectivity index (χ1n) is 8.18. The Hall–Kier alpha value is -1.28. The van der Waals surface area contributed by atoms with Gasteiger partial charge in [-0.2, -0.15) is 0 Å². The molecule has 0 bridgehead atoms. The highest BCUT2D eigenvalue weighted by atomic mass is 32.1. The summed E-state index contributed by atoms with van der Waals surface area (Å²) in [4.78, 5) is 7.30. The molecule has 4 rings (SSSR count). The standard InChI is InChI=1S/C16H23N5OS/c1-11-3-4-13(23-11)9-20-8-12(22)7-14(20)16-18-17-15-10-19(2)5-6-21(15)16/h3-4,12,14,22H,5-10H2,1-2H3/t12-,14-/m0/s1. The normalized spacial score (nSPS) is 25.9. The Morgan fingerprint density at radius 3 is 2.96 bits per heavy atom. The number of β-amino-alcohol motifs (C(OH)–C–C–N with tert-alkyl or cyclic N) is 1. The van der Waals surface area contributed by atoms with Gasteiger partial charge in [0.05, 0.1) is 18.7 Å². The Balaban J connectivity index is 1.59. The van der Waals surface area contributed by atoms with E-state index >= 15 is 0 Å². The molecule has 0 unspecified atom stereocenters. The summed E-state index contributed by atoms with van der Waals surface area (Å²) in [6.07, 6.45) is 0.471. The van der Waals surface area contributed by atoms with E-state index in [1.807, 2.05) is 11.3 Å². The van der Waals surface area contributed by atoms with Gasteiger partial charge in [-0.25, -0.2) is 0 Å². The number of likely N-dealkylation sites (tertiary alicyclic amines) is 1. The van der Waals surface area contributed by atoms with E-state index in [-0.39, 0.29) is 12.1 Å². The van der Waals surface area contributed by atoms with Crippen LogP contribution in [0.3, 0.4) is 0 Å². The first kappa shape index (κ1) is 15.3. The average molecular weight is 333 g/mol. The zero-order chi connectivity index (χ0) is 16.0. The Morgan fingerprint density at radius 1 is 1.30 bits per heavy atom. The van der Waals surface area contributed by atoms with Gasteiger partial charge in [0.25, 0.3) is 0 Å². The quantitative estimate of drug-likeness (QED) is 0.920. The summed E-state index contributed by atoms with van der Waals surface area (Å²) in [5.41, 5.74) is 0. The van der Waals surface area contributed by atoms with E-state index in [0.29, 0.717) is 6.54 Å². The molecule has 2 atom stereocenters. The number of aromatic nitrogens is 3. The van der Waals surface area contributed by atoms with Crippen molar-refractivity contribution in [2.75, 3.05) is 20.1 Å². The van der Waals surface area contributed by atoms with Crippen LogP contribution in [0.15, 0.2) is 12.1 Å². The van der Waals surface area contributed by atoms with E-state index < -0.39 is 0 Å². The summed E-state index contributed by atoms with van der Waals surface area (Å²) in [6.45, 7) is 6.54. The predicted molar refractivity (Wildman–Crippen MR) is 89.2 cm³/mol. The highest BCUT2D eigenvalue weighted by Crippen LogP contribution is 2.34. The van der Waals surface area contributed by atoms with Crippen molar-refractivity contribution in [2.45, 2.75) is 45.1 Å². The van der Waals surface area contributed by atoms with Crippen LogP contribution >= 0.6 is 11.3 Å². The number of fused-ring (bicyclic) bond motifs is 1. The third-order valence-electron chi connectivity index (χ3n) is 4.81. The second-order valence-electron chi connectivity index (χ2n) is 6.71. The molecule has 1 N–H and O–H groups in total. The molecule has 1 fully saturated rings. The smallest absolute Gasteiger partial charge is 0.150 e. The van der Waals surface area contributed by atoms with Gasteiger partial charge >= 0.3 is 0 Å². The summed E-state index contributed by atoms with van der Waals surface area (Å²) < 4.78 is 2.26. The Labute approximate surface area is 140 Å². The first-order chi connectivity index (χ1) is 11.1. The molecule has 1 saturated heterocycles. The maximum absolute atomic E-state index is 10.2. The number of aliphatic hydroxyl groups excluding tert-OH is 1. The second kappa shape index (κ2) is 5.98. The van der Waals surface area contributed by atoms with Gasteiger partial charge in [-0.15, -0.1) is 21.5 Å². The zero-order valence-electron chi connectivity index (χ0n) is 13.6. The molecule has 4 heterocycles. The lowest BCUT2D eigenvalue weighted by atomic mass is 10.1. The van der Waals surface area contributed by atoms with Crippen molar-refractivity contribution in [1.29, 1.82) is 0 Å². The summed E-state index contributed by atoms with van der Waals surface area (Å²) >= 11 is 1.83. The minimum Gasteiger partial charge on any atom is -0.392 e. The number of hydrogen-bond donors (Lipinski definition) is 1. The van der Waals surface area contributed by atoms with E-state index in [9.17, 15) is 5.11 Å². The molecule has 6 nitrogen and oxygen atoms in total. The molecule has 23 heavy (non-hydrogen) atoms. The van der Waals surface area contributed by atoms with Crippen molar-refractivity contribution < 1.29 is 5.11 Å². The average Bonchev–Trinajstić information content (AvgIpc) is 3.18. The summed E-state index contributed by atoms with van der Waals surface area (Å²) in [5.74, 6) is 2.07. The van der Waals surface area contributed by atoms with E-state index in [1.165, 1.54) is 9.75 Å². The molecule has 2 aliphatic heterocycles. The monoisotopic (exact) mass is 333 g/mol. The van der Waals surface area contributed by atoms with Gasteiger partial charge in [-0.3, -0.25) is 9.80 Å². The molecule has 0 aliphatic carbocycles. The lowest BCUT2D eigenvalue weighted by Crippen LogP contribution is -2.33. The molecular formula is C16H23N5OS. The van der Waals surface area contributed by atoms with E-state index in [0.717, 1.165) is 44.2 Å². The summed E-state index contributed by atoms with van der Waals surface area (Å²) in [6, 6.07) is 4.52. The fourth-order valence-electron chi connectivity index (χ4n) is 3.64. The van der Waals surface area contributed by atoms with Crippen LogP contribution in [0.2, 0.25) is 0 Å². The van der Waals surface area contributed by atoms with E-state index in [2.05, 4.69) is 50.7 Å². The van der Waals surface area contributed by atoms with Crippen LogP contribution in [0.1, 0.15) is 33.9 Å². The van der Waals surface area contributed by atoms with Gasteiger partial charge < -0.3 is 9.67 Å². The summed E-state index contributed by atoms with van der Waals surface area (Å²) in [5, 5.41) is 19.1. The largest absolute Gasteiger partial charge is 0.392 e. The maximum Gasteiger partial charge on any atom is 0.150 e. The van der Waals surface area contributed by atoms with Crippen LogP contribution in [0.25, 0.3) is 0 Å². The molecule has 0 saturated carbocycles. The van der Waals surface area contributed by atoms with Gasteiger partial charge in [0, 0.05) is 35.9 Å². The van der Waals surface area contributed by atoms with Gasteiger partial charge in [0.2, 0.25) is 0 Å². The fraction of sp³-hybridized carbons (Fsp3) is 0.625. The lowest BCUT2D eigenvalue weighted by molar-refractivity contribution is 0.172. The number of rotatable bonds is 3. The predicted octanol–water partition coefficient (Wildman–Crippen LogP) is 1.40. The molecule has 2 aromatic heterocycles. The number of aryl methyl sites for hydroxylation is 1. The Morgan fingerprint density at radius 2 is 2.17 bits per heavy atom. The topological polar surface area (TPSA) is 57.4 Å². The van der Waals surface area contributed by atoms with Crippen LogP contribution in [-0.4, -0.2) is 55.9 Å². The molecule has 0 spiro atoms. The molecule has 124 valence electrons. The van der Waals surface area contributed by atoms with Crippen LogP contribution < -0.4 is 0 Å². The Kier molecular flexibility index (Phi) is 3.96. The third kappa shape index (κ3) is 2.94. The molecule has 2 aromatic rings. The highest BCUT2D eigenvalue weighted by molar-refractivity contribution is 7.11. The minimum absolute atomic E-state index is 0.164. The number of aliphatic hydroxyl groups is 1. The van der Waals surface area contributed by atoms with Crippen LogP contribution in [-0.2, 0) is 19.6 Å². The highest BCUT2D eigenvalue weighted by Gasteiger charge is 2.36. The molecule has 0 aromatic carbocycles. The SMILES string of the molecule is Cc1ccc(CN2C[C@@H](O)C[C@H]2c2nnc3n2CCN(C)C3)s1. The van der Waals surface area contributed by atoms with Gasteiger partial charge in [-0.1, -0.05) is 0 Å². The van der Waals surface area contributed by atoms with Crippen molar-refractivity contribution in [3.63, 3.8) is 0 Å². The minimum atomic E-state index is -0.278. The third-order valence-corrected chi connectivity index (χ3v) is 5.79. The zero-order valence-corrected chi connectivity index (χ0v) is 14.5. The summed E-state index contributed by atoms with van der Waals surface area (Å²) in [7, 11) is 2.11. The first-order valence-corrected chi connectivity index (χ1v) is 9.00. The van der Waals surface area contributed by atoms with Crippen molar-refractivity contribution in [2.24, 2.45) is 0 Å². The second-order valence-corrected chi connectivity index (χ2v) is 8.08. The van der Waals surface area contributed by atoms with Crippen LogP contribution in [0.4, 0.5) is 0 Å². The fourth-order valence-corrected chi connectivity index (χ4v) is 4.56. The van der Waals surface area contributed by atoms with Crippen molar-refractivity contribution >= 4 is 11.3 Å².